The summed E-state index contributed by atoms with van der Waals surface area (Å²) in [5.74, 6) is 0.500. The number of hydrogen-bond donors (Lipinski definition) is 2. The Morgan fingerprint density at radius 3 is 2.67 bits per heavy atom. The molecule has 2 aromatic rings. The van der Waals surface area contributed by atoms with Crippen LogP contribution in [0.1, 0.15) is 31.0 Å². The first-order chi connectivity index (χ1) is 11.6. The molecular weight excluding hydrogens is 302 g/mol. The molecule has 124 valence electrons. The van der Waals surface area contributed by atoms with Crippen LogP contribution in [0.15, 0.2) is 48.5 Å². The molecule has 0 fully saturated rings. The predicted molar refractivity (Wildman–Crippen MR) is 93.8 cm³/mol. The number of amides is 1. The number of rotatable bonds is 7. The van der Waals surface area contributed by atoms with Crippen molar-refractivity contribution in [2.45, 2.75) is 19.9 Å². The number of nitriles is 1. The van der Waals surface area contributed by atoms with Gasteiger partial charge in [-0.1, -0.05) is 18.2 Å². The number of carbonyl (C=O) groups excluding carboxylic acids is 1. The molecule has 5 nitrogen and oxygen atoms in total. The molecule has 0 saturated heterocycles. The molecule has 0 aliphatic rings. The highest BCUT2D eigenvalue weighted by Crippen LogP contribution is 2.23. The fourth-order valence-electron chi connectivity index (χ4n) is 2.25. The molecule has 0 aromatic heterocycles. The molecule has 1 atom stereocenters. The van der Waals surface area contributed by atoms with Gasteiger partial charge in [-0.25, -0.2) is 0 Å². The van der Waals surface area contributed by atoms with Crippen LogP contribution in [-0.4, -0.2) is 19.1 Å². The minimum atomic E-state index is -0.137. The van der Waals surface area contributed by atoms with E-state index in [0.717, 1.165) is 11.3 Å². The van der Waals surface area contributed by atoms with Gasteiger partial charge in [0.1, 0.15) is 5.75 Å². The van der Waals surface area contributed by atoms with Gasteiger partial charge in [-0.3, -0.25) is 4.79 Å². The molecule has 2 N–H and O–H groups in total. The highest BCUT2D eigenvalue weighted by Gasteiger charge is 2.07. The van der Waals surface area contributed by atoms with Crippen LogP contribution in [-0.2, 0) is 4.79 Å². The van der Waals surface area contributed by atoms with Crippen molar-refractivity contribution in [2.75, 3.05) is 18.5 Å². The van der Waals surface area contributed by atoms with Gasteiger partial charge in [-0.05, 0) is 43.7 Å². The van der Waals surface area contributed by atoms with Gasteiger partial charge in [0.15, 0.2) is 6.61 Å². The summed E-state index contributed by atoms with van der Waals surface area (Å²) in [7, 11) is 0. The summed E-state index contributed by atoms with van der Waals surface area (Å²) in [6, 6.07) is 17.2. The first kappa shape index (κ1) is 17.4. The third-order valence-corrected chi connectivity index (χ3v) is 3.50. The summed E-state index contributed by atoms with van der Waals surface area (Å²) < 4.78 is 5.49. The largest absolute Gasteiger partial charge is 0.484 e. The summed E-state index contributed by atoms with van der Waals surface area (Å²) in [6.07, 6.45) is 0. The van der Waals surface area contributed by atoms with Gasteiger partial charge in [0, 0.05) is 24.3 Å². The Balaban J connectivity index is 1.97. The molecule has 1 amide bonds. The van der Waals surface area contributed by atoms with Gasteiger partial charge >= 0.3 is 0 Å². The standard InChI is InChI=1S/C19H21N3O2/c1-3-21-19(23)13-24-18-6-4-5-17(11-18)22-14(2)16-9-7-15(12-20)8-10-16/h4-11,14,22H,3,13H2,1-2H3,(H,21,23). The normalized spacial score (nSPS) is 11.2. The van der Waals surface area contributed by atoms with E-state index in [1.54, 1.807) is 12.1 Å². The van der Waals surface area contributed by atoms with Gasteiger partial charge in [-0.15, -0.1) is 0 Å². The number of ether oxygens (including phenoxy) is 1. The zero-order valence-electron chi connectivity index (χ0n) is 13.9. The van der Waals surface area contributed by atoms with Crippen molar-refractivity contribution in [3.05, 3.63) is 59.7 Å². The van der Waals surface area contributed by atoms with Crippen LogP contribution in [0.2, 0.25) is 0 Å². The Labute approximate surface area is 142 Å². The molecule has 0 radical (unpaired) electrons. The van der Waals surface area contributed by atoms with Gasteiger partial charge in [0.05, 0.1) is 11.6 Å². The van der Waals surface area contributed by atoms with E-state index in [-0.39, 0.29) is 18.6 Å². The van der Waals surface area contributed by atoms with Crippen molar-refractivity contribution in [3.8, 4) is 11.8 Å². The Kier molecular flexibility index (Phi) is 6.21. The number of anilines is 1. The highest BCUT2D eigenvalue weighted by molar-refractivity contribution is 5.77. The van der Waals surface area contributed by atoms with E-state index in [9.17, 15) is 4.79 Å². The van der Waals surface area contributed by atoms with Gasteiger partial charge in [0.25, 0.3) is 5.91 Å². The third kappa shape index (κ3) is 5.03. The first-order valence-corrected chi connectivity index (χ1v) is 7.88. The topological polar surface area (TPSA) is 74.2 Å². The number of nitrogens with one attached hydrogen (secondary N) is 2. The summed E-state index contributed by atoms with van der Waals surface area (Å²) in [6.45, 7) is 4.50. The lowest BCUT2D eigenvalue weighted by molar-refractivity contribution is -0.122. The maximum absolute atomic E-state index is 11.4. The number of hydrogen-bond acceptors (Lipinski definition) is 4. The monoisotopic (exact) mass is 323 g/mol. The van der Waals surface area contributed by atoms with Crippen molar-refractivity contribution >= 4 is 11.6 Å². The van der Waals surface area contributed by atoms with Crippen LogP contribution in [0.5, 0.6) is 5.75 Å². The van der Waals surface area contributed by atoms with Crippen molar-refractivity contribution in [2.24, 2.45) is 0 Å². The number of nitrogens with zero attached hydrogens (tertiary/aromatic N) is 1. The molecule has 2 aromatic carbocycles. The molecule has 5 heteroatoms. The molecular formula is C19H21N3O2. The lowest BCUT2D eigenvalue weighted by atomic mass is 10.1. The van der Waals surface area contributed by atoms with Crippen molar-refractivity contribution in [3.63, 3.8) is 0 Å². The molecule has 0 aliphatic heterocycles. The van der Waals surface area contributed by atoms with E-state index in [4.69, 9.17) is 10.00 Å². The first-order valence-electron chi connectivity index (χ1n) is 7.88. The van der Waals surface area contributed by atoms with Crippen LogP contribution in [0.4, 0.5) is 5.69 Å². The summed E-state index contributed by atoms with van der Waals surface area (Å²) in [5.41, 5.74) is 2.63. The SMILES string of the molecule is CCNC(=O)COc1cccc(NC(C)c2ccc(C#N)cc2)c1. The predicted octanol–water partition coefficient (Wildman–Crippen LogP) is 3.25. The second-order valence-electron chi connectivity index (χ2n) is 5.37. The summed E-state index contributed by atoms with van der Waals surface area (Å²) in [4.78, 5) is 11.4. The molecule has 0 saturated carbocycles. The number of benzene rings is 2. The van der Waals surface area contributed by atoms with E-state index >= 15 is 0 Å². The molecule has 0 bridgehead atoms. The van der Waals surface area contributed by atoms with E-state index in [0.29, 0.717) is 17.9 Å². The molecule has 1 unspecified atom stereocenters. The van der Waals surface area contributed by atoms with Crippen molar-refractivity contribution in [1.82, 2.24) is 5.32 Å². The van der Waals surface area contributed by atoms with Crippen LogP contribution in [0.25, 0.3) is 0 Å². The van der Waals surface area contributed by atoms with Crippen molar-refractivity contribution < 1.29 is 9.53 Å². The fraction of sp³-hybridized carbons (Fsp3) is 0.263. The highest BCUT2D eigenvalue weighted by atomic mass is 16.5. The average Bonchev–Trinajstić information content (AvgIpc) is 2.60. The Bertz CT molecular complexity index is 720. The molecule has 0 spiro atoms. The van der Waals surface area contributed by atoms with E-state index < -0.39 is 0 Å². The van der Waals surface area contributed by atoms with E-state index in [1.807, 2.05) is 50.2 Å². The minimum Gasteiger partial charge on any atom is -0.484 e. The molecule has 0 heterocycles. The van der Waals surface area contributed by atoms with E-state index in [2.05, 4.69) is 16.7 Å². The van der Waals surface area contributed by atoms with Gasteiger partial charge in [-0.2, -0.15) is 5.26 Å². The minimum absolute atomic E-state index is 0.00245. The lowest BCUT2D eigenvalue weighted by Gasteiger charge is -2.16. The molecule has 24 heavy (non-hydrogen) atoms. The van der Waals surface area contributed by atoms with Gasteiger partial charge < -0.3 is 15.4 Å². The Morgan fingerprint density at radius 2 is 2.00 bits per heavy atom. The maximum atomic E-state index is 11.4. The smallest absolute Gasteiger partial charge is 0.257 e. The number of carbonyl (C=O) groups is 1. The van der Waals surface area contributed by atoms with Crippen LogP contribution in [0.3, 0.4) is 0 Å². The zero-order chi connectivity index (χ0) is 17.4. The quantitative estimate of drug-likeness (QED) is 0.820. The fourth-order valence-corrected chi connectivity index (χ4v) is 2.25. The molecule has 0 aliphatic carbocycles. The third-order valence-electron chi connectivity index (χ3n) is 3.50. The van der Waals surface area contributed by atoms with E-state index in [1.165, 1.54) is 0 Å². The Hall–Kier alpha value is -3.00. The second-order valence-corrected chi connectivity index (χ2v) is 5.37. The lowest BCUT2D eigenvalue weighted by Crippen LogP contribution is -2.28. The number of likely N-dealkylation sites (N-methyl/N-ethyl adjacent to an activating group) is 1. The van der Waals surface area contributed by atoms with Crippen molar-refractivity contribution in [1.29, 1.82) is 5.26 Å². The maximum Gasteiger partial charge on any atom is 0.257 e. The van der Waals surface area contributed by atoms with Crippen LogP contribution >= 0.6 is 0 Å². The van der Waals surface area contributed by atoms with Crippen LogP contribution < -0.4 is 15.4 Å². The summed E-state index contributed by atoms with van der Waals surface area (Å²) in [5, 5.41) is 14.9. The molecule has 2 rings (SSSR count). The summed E-state index contributed by atoms with van der Waals surface area (Å²) >= 11 is 0. The second kappa shape index (κ2) is 8.59. The van der Waals surface area contributed by atoms with Crippen LogP contribution in [0, 0.1) is 11.3 Å². The zero-order valence-corrected chi connectivity index (χ0v) is 13.9. The van der Waals surface area contributed by atoms with Gasteiger partial charge in [0.2, 0.25) is 0 Å². The Morgan fingerprint density at radius 1 is 1.25 bits per heavy atom. The average molecular weight is 323 g/mol.